The van der Waals surface area contributed by atoms with E-state index < -0.39 is 0 Å². The first kappa shape index (κ1) is 23.2. The van der Waals surface area contributed by atoms with E-state index in [4.69, 9.17) is 21.1 Å². The third-order valence-electron chi connectivity index (χ3n) is 4.81. The average Bonchev–Trinajstić information content (AvgIpc) is 2.86. The highest BCUT2D eigenvalue weighted by molar-refractivity contribution is 6.32. The number of hydrogen-bond acceptors (Lipinski definition) is 8. The predicted octanol–water partition coefficient (Wildman–Crippen LogP) is 4.30. The summed E-state index contributed by atoms with van der Waals surface area (Å²) in [6, 6.07) is 11.0. The van der Waals surface area contributed by atoms with Gasteiger partial charge >= 0.3 is 0 Å². The Morgan fingerprint density at radius 3 is 2.76 bits per heavy atom. The summed E-state index contributed by atoms with van der Waals surface area (Å²) in [4.78, 5) is 28.4. The van der Waals surface area contributed by atoms with Gasteiger partial charge in [0.25, 0.3) is 0 Å². The number of nitrogens with one attached hydrogen (secondary N) is 2. The number of hydrogen-bond donors (Lipinski definition) is 2. The molecule has 2 heterocycles. The average molecular weight is 479 g/mol. The van der Waals surface area contributed by atoms with Crippen LogP contribution in [0.15, 0.2) is 61.3 Å². The van der Waals surface area contributed by atoms with Gasteiger partial charge in [0.15, 0.2) is 0 Å². The minimum atomic E-state index is -0.0202. The van der Waals surface area contributed by atoms with Crippen LogP contribution in [0.5, 0.6) is 11.5 Å². The predicted molar refractivity (Wildman–Crippen MR) is 129 cm³/mol. The van der Waals surface area contributed by atoms with Crippen molar-refractivity contribution in [3.8, 4) is 11.5 Å². The largest absolute Gasteiger partial charge is 0.491 e. The Morgan fingerprint density at radius 2 is 1.97 bits per heavy atom. The SMILES string of the molecule is CCC(=O)NCCOc1cccc2ncnc(Nc3ccc(OCc4cnccn4)c(Cl)c3)c12. The Balaban J connectivity index is 1.49. The van der Waals surface area contributed by atoms with E-state index in [1.165, 1.54) is 6.33 Å². The molecule has 0 bridgehead atoms. The zero-order valence-corrected chi connectivity index (χ0v) is 19.2. The molecule has 0 aliphatic carbocycles. The van der Waals surface area contributed by atoms with Crippen molar-refractivity contribution in [2.75, 3.05) is 18.5 Å². The van der Waals surface area contributed by atoms with Crippen LogP contribution in [0.2, 0.25) is 5.02 Å². The molecule has 0 radical (unpaired) electrons. The van der Waals surface area contributed by atoms with E-state index >= 15 is 0 Å². The molecule has 1 amide bonds. The fraction of sp³-hybridized carbons (Fsp3) is 0.208. The molecule has 0 spiro atoms. The maximum Gasteiger partial charge on any atom is 0.219 e. The van der Waals surface area contributed by atoms with E-state index in [1.54, 1.807) is 37.6 Å². The van der Waals surface area contributed by atoms with Crippen molar-refractivity contribution in [2.24, 2.45) is 0 Å². The molecule has 10 heteroatoms. The second-order valence-electron chi connectivity index (χ2n) is 7.18. The monoisotopic (exact) mass is 478 g/mol. The number of carbonyl (C=O) groups is 1. The second kappa shape index (κ2) is 11.2. The number of nitrogens with zero attached hydrogens (tertiary/aromatic N) is 4. The topological polar surface area (TPSA) is 111 Å². The Labute approximate surface area is 201 Å². The highest BCUT2D eigenvalue weighted by Crippen LogP contribution is 2.34. The van der Waals surface area contributed by atoms with Crippen LogP contribution in [0.4, 0.5) is 11.5 Å². The van der Waals surface area contributed by atoms with E-state index in [2.05, 4.69) is 30.6 Å². The van der Waals surface area contributed by atoms with Gasteiger partial charge in [-0.15, -0.1) is 0 Å². The van der Waals surface area contributed by atoms with Gasteiger partial charge in [0.2, 0.25) is 5.91 Å². The number of benzene rings is 2. The third-order valence-corrected chi connectivity index (χ3v) is 5.11. The van der Waals surface area contributed by atoms with E-state index in [-0.39, 0.29) is 12.5 Å². The Bertz CT molecular complexity index is 1270. The van der Waals surface area contributed by atoms with Crippen LogP contribution in [0.25, 0.3) is 10.9 Å². The maximum atomic E-state index is 11.4. The van der Waals surface area contributed by atoms with Gasteiger partial charge < -0.3 is 20.1 Å². The van der Waals surface area contributed by atoms with E-state index in [9.17, 15) is 4.79 Å². The number of anilines is 2. The quantitative estimate of drug-likeness (QED) is 0.324. The number of carbonyl (C=O) groups excluding carboxylic acids is 1. The van der Waals surface area contributed by atoms with Gasteiger partial charge in [0, 0.05) is 24.5 Å². The molecule has 4 rings (SSSR count). The lowest BCUT2D eigenvalue weighted by molar-refractivity contribution is -0.120. The molecule has 34 heavy (non-hydrogen) atoms. The minimum Gasteiger partial charge on any atom is -0.491 e. The molecule has 9 nitrogen and oxygen atoms in total. The molecule has 2 aromatic carbocycles. The van der Waals surface area contributed by atoms with Crippen LogP contribution >= 0.6 is 11.6 Å². The van der Waals surface area contributed by atoms with Gasteiger partial charge in [0.05, 0.1) is 34.4 Å². The number of amides is 1. The zero-order valence-electron chi connectivity index (χ0n) is 18.5. The van der Waals surface area contributed by atoms with Gasteiger partial charge in [-0.2, -0.15) is 0 Å². The normalized spacial score (nSPS) is 10.6. The number of aromatic nitrogens is 4. The highest BCUT2D eigenvalue weighted by Gasteiger charge is 2.12. The first-order valence-corrected chi connectivity index (χ1v) is 11.1. The molecule has 0 saturated heterocycles. The molecule has 4 aromatic rings. The summed E-state index contributed by atoms with van der Waals surface area (Å²) in [5.41, 5.74) is 2.15. The molecule has 2 N–H and O–H groups in total. The Morgan fingerprint density at radius 1 is 1.06 bits per heavy atom. The summed E-state index contributed by atoms with van der Waals surface area (Å²) < 4.78 is 11.7. The van der Waals surface area contributed by atoms with Gasteiger partial charge in [0.1, 0.15) is 36.9 Å². The number of ether oxygens (including phenoxy) is 2. The van der Waals surface area contributed by atoms with Crippen molar-refractivity contribution >= 4 is 39.9 Å². The second-order valence-corrected chi connectivity index (χ2v) is 7.59. The van der Waals surface area contributed by atoms with Crippen LogP contribution < -0.4 is 20.1 Å². The standard InChI is InChI=1S/C24H23ClN6O3/c1-2-22(32)28-10-11-33-21-5-3-4-19-23(21)24(30-15-29-19)31-16-6-7-20(18(25)12-16)34-14-17-13-26-8-9-27-17/h3-9,12-13,15H,2,10-11,14H2,1H3,(H,28,32)(H,29,30,31). The first-order valence-electron chi connectivity index (χ1n) is 10.7. The summed E-state index contributed by atoms with van der Waals surface area (Å²) in [5, 5.41) is 7.24. The van der Waals surface area contributed by atoms with Crippen LogP contribution in [0, 0.1) is 0 Å². The number of halogens is 1. The molecule has 0 fully saturated rings. The summed E-state index contributed by atoms with van der Waals surface area (Å²) in [5.74, 6) is 1.70. The maximum absolute atomic E-state index is 11.4. The van der Waals surface area contributed by atoms with Crippen molar-refractivity contribution in [1.29, 1.82) is 0 Å². The van der Waals surface area contributed by atoms with Crippen molar-refractivity contribution < 1.29 is 14.3 Å². The van der Waals surface area contributed by atoms with Crippen molar-refractivity contribution in [1.82, 2.24) is 25.3 Å². The molecule has 0 atom stereocenters. The molecule has 0 aliphatic rings. The fourth-order valence-electron chi connectivity index (χ4n) is 3.16. The smallest absolute Gasteiger partial charge is 0.219 e. The lowest BCUT2D eigenvalue weighted by Gasteiger charge is -2.14. The van der Waals surface area contributed by atoms with Gasteiger partial charge in [-0.1, -0.05) is 24.6 Å². The fourth-order valence-corrected chi connectivity index (χ4v) is 3.39. The lowest BCUT2D eigenvalue weighted by Crippen LogP contribution is -2.27. The Hall–Kier alpha value is -3.98. The van der Waals surface area contributed by atoms with Crippen LogP contribution in [0.3, 0.4) is 0 Å². The Kier molecular flexibility index (Phi) is 7.67. The number of fused-ring (bicyclic) bond motifs is 1. The first-order chi connectivity index (χ1) is 16.6. The molecule has 0 aliphatic heterocycles. The molecule has 0 saturated carbocycles. The molecule has 0 unspecified atom stereocenters. The third kappa shape index (κ3) is 5.87. The summed E-state index contributed by atoms with van der Waals surface area (Å²) in [6.45, 7) is 2.79. The summed E-state index contributed by atoms with van der Waals surface area (Å²) >= 11 is 6.44. The van der Waals surface area contributed by atoms with E-state index in [1.807, 2.05) is 24.3 Å². The van der Waals surface area contributed by atoms with E-state index in [0.717, 1.165) is 16.6 Å². The van der Waals surface area contributed by atoms with Crippen molar-refractivity contribution in [3.05, 3.63) is 72.0 Å². The van der Waals surface area contributed by atoms with Gasteiger partial charge in [-0.25, -0.2) is 9.97 Å². The van der Waals surface area contributed by atoms with Crippen LogP contribution in [0.1, 0.15) is 19.0 Å². The van der Waals surface area contributed by atoms with Crippen molar-refractivity contribution in [2.45, 2.75) is 20.0 Å². The summed E-state index contributed by atoms with van der Waals surface area (Å²) in [7, 11) is 0. The number of rotatable bonds is 10. The lowest BCUT2D eigenvalue weighted by atomic mass is 10.2. The van der Waals surface area contributed by atoms with Crippen LogP contribution in [-0.4, -0.2) is 39.0 Å². The zero-order chi connectivity index (χ0) is 23.8. The molecule has 2 aromatic heterocycles. The molecular weight excluding hydrogens is 456 g/mol. The highest BCUT2D eigenvalue weighted by atomic mass is 35.5. The summed E-state index contributed by atoms with van der Waals surface area (Å²) in [6.07, 6.45) is 6.77. The van der Waals surface area contributed by atoms with Gasteiger partial charge in [-0.3, -0.25) is 14.8 Å². The van der Waals surface area contributed by atoms with Crippen molar-refractivity contribution in [3.63, 3.8) is 0 Å². The molecular formula is C24H23ClN6O3. The minimum absolute atomic E-state index is 0.0202. The molecule has 174 valence electrons. The van der Waals surface area contributed by atoms with Crippen LogP contribution in [-0.2, 0) is 11.4 Å². The van der Waals surface area contributed by atoms with Gasteiger partial charge in [-0.05, 0) is 30.3 Å². The van der Waals surface area contributed by atoms with E-state index in [0.29, 0.717) is 47.6 Å².